The number of hydrogen-bond acceptors (Lipinski definition) is 0. The average Bonchev–Trinajstić information content (AvgIpc) is 2.62. The Morgan fingerprint density at radius 1 is 1.17 bits per heavy atom. The van der Waals surface area contributed by atoms with E-state index in [4.69, 9.17) is 0 Å². The Morgan fingerprint density at radius 3 is 3.08 bits per heavy atom. The molecule has 0 radical (unpaired) electrons. The summed E-state index contributed by atoms with van der Waals surface area (Å²) in [5.41, 5.74) is 4.50. The van der Waals surface area contributed by atoms with Crippen LogP contribution in [0.5, 0.6) is 0 Å². The zero-order valence-electron chi connectivity index (χ0n) is 6.83. The van der Waals surface area contributed by atoms with Crippen molar-refractivity contribution in [3.63, 3.8) is 0 Å². The number of fused-ring (bicyclic) bond motifs is 3. The maximum atomic E-state index is 2.30. The van der Waals surface area contributed by atoms with Gasteiger partial charge in [0, 0.05) is 5.92 Å². The molecule has 0 aliphatic heterocycles. The second kappa shape index (κ2) is 2.10. The van der Waals surface area contributed by atoms with Gasteiger partial charge in [-0.2, -0.15) is 0 Å². The van der Waals surface area contributed by atoms with Crippen LogP contribution in [0.2, 0.25) is 0 Å². The molecule has 0 amide bonds. The highest BCUT2D eigenvalue weighted by molar-refractivity contribution is 5.79. The Bertz CT molecular complexity index is 383. The van der Waals surface area contributed by atoms with Crippen molar-refractivity contribution in [1.82, 2.24) is 0 Å². The van der Waals surface area contributed by atoms with Crippen molar-refractivity contribution >= 4 is 5.57 Å². The van der Waals surface area contributed by atoms with Gasteiger partial charge in [-0.3, -0.25) is 0 Å². The Hall–Kier alpha value is -1.30. The Labute approximate surface area is 72.2 Å². The maximum absolute atomic E-state index is 2.30. The van der Waals surface area contributed by atoms with E-state index < -0.39 is 0 Å². The third kappa shape index (κ3) is 0.672. The molecule has 0 heteroatoms. The van der Waals surface area contributed by atoms with Gasteiger partial charge in [0.25, 0.3) is 0 Å². The Kier molecular flexibility index (Phi) is 1.09. The molecule has 1 atom stereocenters. The van der Waals surface area contributed by atoms with Crippen molar-refractivity contribution in [3.05, 3.63) is 53.6 Å². The van der Waals surface area contributed by atoms with E-state index in [1.165, 1.54) is 23.1 Å². The summed E-state index contributed by atoms with van der Waals surface area (Å²) < 4.78 is 0. The van der Waals surface area contributed by atoms with E-state index in [1.54, 1.807) is 0 Å². The molecule has 0 bridgehead atoms. The largest absolute Gasteiger partial charge is 0.0766 e. The van der Waals surface area contributed by atoms with Crippen LogP contribution in [0.25, 0.3) is 5.57 Å². The van der Waals surface area contributed by atoms with Crippen molar-refractivity contribution in [2.75, 3.05) is 0 Å². The van der Waals surface area contributed by atoms with E-state index in [2.05, 4.69) is 42.5 Å². The molecule has 3 rings (SSSR count). The fraction of sp³-hybridized carbons (Fsp3) is 0.167. The van der Waals surface area contributed by atoms with E-state index in [-0.39, 0.29) is 0 Å². The number of allylic oxidation sites excluding steroid dienone is 4. The Balaban J connectivity index is 2.23. The fourth-order valence-electron chi connectivity index (χ4n) is 2.20. The van der Waals surface area contributed by atoms with Crippen molar-refractivity contribution in [2.24, 2.45) is 5.92 Å². The van der Waals surface area contributed by atoms with Gasteiger partial charge < -0.3 is 0 Å². The predicted molar refractivity (Wildman–Crippen MR) is 50.8 cm³/mol. The summed E-state index contributed by atoms with van der Waals surface area (Å²) in [7, 11) is 0. The zero-order chi connectivity index (χ0) is 7.97. The number of hydrogen-bond donors (Lipinski definition) is 0. The first-order valence-electron chi connectivity index (χ1n) is 4.42. The second-order valence-electron chi connectivity index (χ2n) is 3.47. The molecule has 2 aliphatic carbocycles. The van der Waals surface area contributed by atoms with Gasteiger partial charge in [-0.25, -0.2) is 0 Å². The summed E-state index contributed by atoms with van der Waals surface area (Å²) in [5.74, 6) is 0.683. The molecule has 0 saturated heterocycles. The van der Waals surface area contributed by atoms with Crippen LogP contribution in [0.15, 0.2) is 42.5 Å². The molecule has 0 heterocycles. The highest BCUT2D eigenvalue weighted by Gasteiger charge is 2.25. The summed E-state index contributed by atoms with van der Waals surface area (Å²) in [6.07, 6.45) is 7.93. The van der Waals surface area contributed by atoms with Gasteiger partial charge in [0.1, 0.15) is 0 Å². The predicted octanol–water partition coefficient (Wildman–Crippen LogP) is 2.81. The third-order valence-corrected chi connectivity index (χ3v) is 2.79. The lowest BCUT2D eigenvalue weighted by Crippen LogP contribution is -1.88. The van der Waals surface area contributed by atoms with Crippen LogP contribution in [-0.2, 0) is 6.42 Å². The summed E-state index contributed by atoms with van der Waals surface area (Å²) in [6.45, 7) is 0. The summed E-state index contributed by atoms with van der Waals surface area (Å²) in [5, 5.41) is 0. The first-order chi connectivity index (χ1) is 5.95. The van der Waals surface area contributed by atoms with Gasteiger partial charge >= 0.3 is 0 Å². The summed E-state index contributed by atoms with van der Waals surface area (Å²) >= 11 is 0. The molecule has 0 nitrogen and oxygen atoms in total. The minimum absolute atomic E-state index is 0.683. The lowest BCUT2D eigenvalue weighted by molar-refractivity contribution is 0.880. The highest BCUT2D eigenvalue weighted by atomic mass is 14.3. The minimum Gasteiger partial charge on any atom is -0.0766 e. The van der Waals surface area contributed by atoms with Crippen LogP contribution in [0.3, 0.4) is 0 Å². The van der Waals surface area contributed by atoms with Crippen LogP contribution >= 0.6 is 0 Å². The van der Waals surface area contributed by atoms with Crippen LogP contribution in [0.1, 0.15) is 11.1 Å². The monoisotopic (exact) mass is 154 g/mol. The van der Waals surface area contributed by atoms with Crippen molar-refractivity contribution < 1.29 is 0 Å². The first-order valence-corrected chi connectivity index (χ1v) is 4.42. The van der Waals surface area contributed by atoms with Crippen LogP contribution in [0, 0.1) is 5.92 Å². The van der Waals surface area contributed by atoms with E-state index in [1.807, 2.05) is 0 Å². The van der Waals surface area contributed by atoms with Crippen molar-refractivity contribution in [2.45, 2.75) is 6.42 Å². The highest BCUT2D eigenvalue weighted by Crippen LogP contribution is 2.40. The standard InChI is InChI=1S/C12H10/c1-2-6-11-9(4-1)8-10-5-3-7-12(10)11/h1-7,10H,8H2. The smallest absolute Gasteiger partial charge is 0.00677 e. The number of rotatable bonds is 0. The molecular weight excluding hydrogens is 144 g/mol. The van der Waals surface area contributed by atoms with Gasteiger partial charge in [0.15, 0.2) is 0 Å². The van der Waals surface area contributed by atoms with E-state index in [9.17, 15) is 0 Å². The van der Waals surface area contributed by atoms with E-state index >= 15 is 0 Å². The normalized spacial score (nSPS) is 23.7. The molecule has 0 spiro atoms. The van der Waals surface area contributed by atoms with Gasteiger partial charge in [-0.1, -0.05) is 42.5 Å². The van der Waals surface area contributed by atoms with Crippen LogP contribution < -0.4 is 0 Å². The molecule has 1 aromatic carbocycles. The van der Waals surface area contributed by atoms with Crippen LogP contribution in [0.4, 0.5) is 0 Å². The molecule has 0 saturated carbocycles. The van der Waals surface area contributed by atoms with Crippen molar-refractivity contribution in [3.8, 4) is 0 Å². The van der Waals surface area contributed by atoms with Gasteiger partial charge in [0.2, 0.25) is 0 Å². The minimum atomic E-state index is 0.683. The quantitative estimate of drug-likeness (QED) is 0.539. The van der Waals surface area contributed by atoms with Crippen LogP contribution in [-0.4, -0.2) is 0 Å². The Morgan fingerprint density at radius 2 is 2.08 bits per heavy atom. The molecule has 0 aromatic heterocycles. The maximum Gasteiger partial charge on any atom is 0.00677 e. The topological polar surface area (TPSA) is 0 Å². The molecule has 0 N–H and O–H groups in total. The fourth-order valence-corrected chi connectivity index (χ4v) is 2.20. The lowest BCUT2D eigenvalue weighted by atomic mass is 10.0. The molecular formula is C12H10. The molecule has 2 aliphatic rings. The average molecular weight is 154 g/mol. The molecule has 1 unspecified atom stereocenters. The third-order valence-electron chi connectivity index (χ3n) is 2.79. The van der Waals surface area contributed by atoms with Gasteiger partial charge in [-0.05, 0) is 23.1 Å². The SMILES string of the molecule is C1=CC2Cc3ccccc3C2=C1. The zero-order valence-corrected chi connectivity index (χ0v) is 6.83. The molecule has 12 heavy (non-hydrogen) atoms. The summed E-state index contributed by atoms with van der Waals surface area (Å²) in [4.78, 5) is 0. The van der Waals surface area contributed by atoms with Gasteiger partial charge in [0.05, 0.1) is 0 Å². The lowest BCUT2D eigenvalue weighted by Gasteiger charge is -1.99. The molecule has 0 fully saturated rings. The first kappa shape index (κ1) is 6.24. The molecule has 58 valence electrons. The molecule has 1 aromatic rings. The van der Waals surface area contributed by atoms with E-state index in [0.717, 1.165) is 0 Å². The van der Waals surface area contributed by atoms with Gasteiger partial charge in [-0.15, -0.1) is 0 Å². The summed E-state index contributed by atoms with van der Waals surface area (Å²) in [6, 6.07) is 8.72. The second-order valence-corrected chi connectivity index (χ2v) is 3.47. The van der Waals surface area contributed by atoms with Crippen molar-refractivity contribution in [1.29, 1.82) is 0 Å². The number of benzene rings is 1. The van der Waals surface area contributed by atoms with E-state index in [0.29, 0.717) is 5.92 Å².